The predicted octanol–water partition coefficient (Wildman–Crippen LogP) is 7.20. The van der Waals surface area contributed by atoms with Crippen molar-refractivity contribution in [1.82, 2.24) is 4.90 Å². The summed E-state index contributed by atoms with van der Waals surface area (Å²) in [6, 6.07) is 20.3. The third-order valence-electron chi connectivity index (χ3n) is 7.23. The number of nitrogens with zero attached hydrogens (tertiary/aromatic N) is 2. The predicted molar refractivity (Wildman–Crippen MR) is 141 cm³/mol. The van der Waals surface area contributed by atoms with Crippen molar-refractivity contribution in [2.45, 2.75) is 38.6 Å². The first kappa shape index (κ1) is 23.2. The Hall–Kier alpha value is -2.53. The van der Waals surface area contributed by atoms with E-state index < -0.39 is 0 Å². The largest absolute Gasteiger partial charge is 0.326 e. The van der Waals surface area contributed by atoms with Crippen molar-refractivity contribution in [3.8, 4) is 0 Å². The second-order valence-corrected chi connectivity index (χ2v) is 10.5. The number of piperidine rings is 1. The van der Waals surface area contributed by atoms with Gasteiger partial charge in [-0.25, -0.2) is 4.79 Å². The fourth-order valence-electron chi connectivity index (χ4n) is 5.25. The van der Waals surface area contributed by atoms with E-state index in [9.17, 15) is 4.79 Å². The molecule has 0 aliphatic carbocycles. The number of urea groups is 1. The maximum absolute atomic E-state index is 13.3. The summed E-state index contributed by atoms with van der Waals surface area (Å²) in [6.07, 6.45) is 2.07. The van der Waals surface area contributed by atoms with Crippen molar-refractivity contribution in [2.24, 2.45) is 0 Å². The summed E-state index contributed by atoms with van der Waals surface area (Å²) < 4.78 is 0. The van der Waals surface area contributed by atoms with Crippen molar-refractivity contribution in [1.29, 1.82) is 0 Å². The van der Waals surface area contributed by atoms with Crippen LogP contribution in [0.25, 0.3) is 0 Å². The summed E-state index contributed by atoms with van der Waals surface area (Å²) in [5, 5.41) is 3.90. The highest BCUT2D eigenvalue weighted by Crippen LogP contribution is 2.47. The van der Waals surface area contributed by atoms with Gasteiger partial charge in [0.25, 0.3) is 0 Å². The van der Waals surface area contributed by atoms with Gasteiger partial charge in [0, 0.05) is 29.9 Å². The van der Waals surface area contributed by atoms with Crippen LogP contribution in [0.3, 0.4) is 0 Å². The number of aryl methyl sites for hydroxylation is 2. The molecule has 0 atom stereocenters. The van der Waals surface area contributed by atoms with Crippen LogP contribution in [0.1, 0.15) is 35.1 Å². The monoisotopic (exact) mass is 493 g/mol. The molecule has 6 heteroatoms. The number of anilines is 2. The first-order valence-corrected chi connectivity index (χ1v) is 12.5. The fourth-order valence-corrected chi connectivity index (χ4v) is 5.55. The lowest BCUT2D eigenvalue weighted by Crippen LogP contribution is -2.46. The Morgan fingerprint density at radius 1 is 0.912 bits per heavy atom. The summed E-state index contributed by atoms with van der Waals surface area (Å²) in [5.41, 5.74) is 6.81. The van der Waals surface area contributed by atoms with E-state index in [1.54, 1.807) is 18.2 Å². The van der Waals surface area contributed by atoms with Gasteiger partial charge >= 0.3 is 6.03 Å². The van der Waals surface area contributed by atoms with Crippen molar-refractivity contribution >= 4 is 40.6 Å². The molecule has 176 valence electrons. The Kier molecular flexibility index (Phi) is 6.32. The number of halogens is 2. The maximum Gasteiger partial charge on any atom is 0.326 e. The van der Waals surface area contributed by atoms with Crippen LogP contribution >= 0.6 is 23.2 Å². The Morgan fingerprint density at radius 3 is 2.32 bits per heavy atom. The molecular formula is C28H29Cl2N3O. The van der Waals surface area contributed by atoms with Crippen molar-refractivity contribution in [3.05, 3.63) is 93.0 Å². The van der Waals surface area contributed by atoms with E-state index in [0.717, 1.165) is 38.2 Å². The van der Waals surface area contributed by atoms with Crippen molar-refractivity contribution in [2.75, 3.05) is 29.9 Å². The van der Waals surface area contributed by atoms with Gasteiger partial charge in [-0.05, 0) is 75.2 Å². The quantitative estimate of drug-likeness (QED) is 0.418. The molecule has 1 N–H and O–H groups in total. The van der Waals surface area contributed by atoms with Gasteiger partial charge in [0.2, 0.25) is 0 Å². The molecule has 2 amide bonds. The van der Waals surface area contributed by atoms with E-state index in [1.807, 2.05) is 4.90 Å². The lowest BCUT2D eigenvalue weighted by Gasteiger charge is -2.40. The van der Waals surface area contributed by atoms with E-state index in [1.165, 1.54) is 22.3 Å². The maximum atomic E-state index is 13.3. The third-order valence-corrected chi connectivity index (χ3v) is 7.97. The van der Waals surface area contributed by atoms with Crippen LogP contribution < -0.4 is 10.2 Å². The van der Waals surface area contributed by atoms with Gasteiger partial charge in [-0.1, -0.05) is 70.7 Å². The van der Waals surface area contributed by atoms with Crippen molar-refractivity contribution in [3.63, 3.8) is 0 Å². The average molecular weight is 494 g/mol. The summed E-state index contributed by atoms with van der Waals surface area (Å²) >= 11 is 12.2. The van der Waals surface area contributed by atoms with Gasteiger partial charge in [-0.15, -0.1) is 0 Å². The number of benzene rings is 3. The highest BCUT2D eigenvalue weighted by Gasteiger charge is 2.46. The molecule has 0 aromatic heterocycles. The molecule has 34 heavy (non-hydrogen) atoms. The molecule has 1 saturated heterocycles. The molecular weight excluding hydrogens is 465 g/mol. The third kappa shape index (κ3) is 4.55. The Morgan fingerprint density at radius 2 is 1.62 bits per heavy atom. The Bertz CT molecular complexity index is 1220. The SMILES string of the molecule is Cc1ccc(CN2CCC3(CC2)CN(C(=O)Nc2ccc(Cl)c(Cl)c2)c2ccc(C)cc23)cc1. The number of amides is 2. The number of fused-ring (bicyclic) bond motifs is 2. The smallest absolute Gasteiger partial charge is 0.307 e. The summed E-state index contributed by atoms with van der Waals surface area (Å²) in [7, 11) is 0. The molecule has 1 spiro atoms. The zero-order valence-corrected chi connectivity index (χ0v) is 21.1. The average Bonchev–Trinajstić information content (AvgIpc) is 3.13. The van der Waals surface area contributed by atoms with E-state index in [2.05, 4.69) is 66.5 Å². The van der Waals surface area contributed by atoms with E-state index in [0.29, 0.717) is 22.3 Å². The standard InChI is InChI=1S/C28H29Cl2N3O/c1-19-3-6-21(7-4-19)17-32-13-11-28(12-14-32)18-33(26-10-5-20(2)15-23(26)28)27(34)31-22-8-9-24(29)25(30)16-22/h3-10,15-16H,11-14,17-18H2,1-2H3,(H,31,34). The highest BCUT2D eigenvalue weighted by atomic mass is 35.5. The number of nitrogens with one attached hydrogen (secondary N) is 1. The number of carbonyl (C=O) groups is 1. The van der Waals surface area contributed by atoms with E-state index in [-0.39, 0.29) is 11.4 Å². The van der Waals surface area contributed by atoms with Crippen LogP contribution in [0, 0.1) is 13.8 Å². The zero-order valence-electron chi connectivity index (χ0n) is 19.6. The minimum Gasteiger partial charge on any atom is -0.307 e. The molecule has 4 nitrogen and oxygen atoms in total. The van der Waals surface area contributed by atoms with Gasteiger partial charge < -0.3 is 5.32 Å². The lowest BCUT2D eigenvalue weighted by molar-refractivity contribution is 0.160. The van der Waals surface area contributed by atoms with Gasteiger partial charge in [-0.3, -0.25) is 9.80 Å². The zero-order chi connectivity index (χ0) is 23.9. The first-order chi connectivity index (χ1) is 16.3. The minimum atomic E-state index is -0.137. The number of carbonyl (C=O) groups excluding carboxylic acids is 1. The molecule has 3 aromatic carbocycles. The normalized spacial score (nSPS) is 17.1. The molecule has 3 aromatic rings. The van der Waals surface area contributed by atoms with Crippen LogP contribution in [0.4, 0.5) is 16.2 Å². The number of hydrogen-bond acceptors (Lipinski definition) is 2. The molecule has 0 radical (unpaired) electrons. The van der Waals surface area contributed by atoms with Gasteiger partial charge in [-0.2, -0.15) is 0 Å². The molecule has 2 aliphatic rings. The molecule has 1 fully saturated rings. The van der Waals surface area contributed by atoms with Crippen LogP contribution in [-0.2, 0) is 12.0 Å². The first-order valence-electron chi connectivity index (χ1n) is 11.8. The number of rotatable bonds is 3. The summed E-state index contributed by atoms with van der Waals surface area (Å²) in [6.45, 7) is 7.94. The van der Waals surface area contributed by atoms with Crippen LogP contribution in [0.5, 0.6) is 0 Å². The second-order valence-electron chi connectivity index (χ2n) is 9.71. The summed E-state index contributed by atoms with van der Waals surface area (Å²) in [4.78, 5) is 17.8. The summed E-state index contributed by atoms with van der Waals surface area (Å²) in [5.74, 6) is 0. The van der Waals surface area contributed by atoms with E-state index >= 15 is 0 Å². The molecule has 0 unspecified atom stereocenters. The Balaban J connectivity index is 1.34. The lowest BCUT2D eigenvalue weighted by atomic mass is 9.74. The second kappa shape index (κ2) is 9.26. The van der Waals surface area contributed by atoms with Gasteiger partial charge in [0.15, 0.2) is 0 Å². The number of likely N-dealkylation sites (tertiary alicyclic amines) is 1. The topological polar surface area (TPSA) is 35.6 Å². The van der Waals surface area contributed by atoms with Crippen LogP contribution in [0.2, 0.25) is 10.0 Å². The molecule has 2 aliphatic heterocycles. The number of hydrogen-bond donors (Lipinski definition) is 1. The van der Waals surface area contributed by atoms with Gasteiger partial charge in [0.1, 0.15) is 0 Å². The van der Waals surface area contributed by atoms with Crippen LogP contribution in [0.15, 0.2) is 60.7 Å². The molecule has 2 heterocycles. The molecule has 5 rings (SSSR count). The van der Waals surface area contributed by atoms with Gasteiger partial charge in [0.05, 0.1) is 10.0 Å². The molecule has 0 bridgehead atoms. The van der Waals surface area contributed by atoms with E-state index in [4.69, 9.17) is 23.2 Å². The highest BCUT2D eigenvalue weighted by molar-refractivity contribution is 6.42. The molecule has 0 saturated carbocycles. The minimum absolute atomic E-state index is 0.0138. The van der Waals surface area contributed by atoms with Crippen LogP contribution in [-0.4, -0.2) is 30.6 Å². The fraction of sp³-hybridized carbons (Fsp3) is 0.321. The van der Waals surface area contributed by atoms with Crippen molar-refractivity contribution < 1.29 is 4.79 Å². The Labute approximate surface area is 211 Å².